The Hall–Kier alpha value is -3.05. The predicted octanol–water partition coefficient (Wildman–Crippen LogP) is 4.61. The smallest absolute Gasteiger partial charge is 0.287 e. The quantitative estimate of drug-likeness (QED) is 0.477. The van der Waals surface area contributed by atoms with E-state index in [2.05, 4.69) is 5.32 Å². The SMILES string of the molecule is CC(=O)c1ccc(-c2ccc(C(=O)NCCOc3ccc(Cl)cc3)o2)cc1. The van der Waals surface area contributed by atoms with Crippen LogP contribution in [0.2, 0.25) is 5.02 Å². The highest BCUT2D eigenvalue weighted by molar-refractivity contribution is 6.30. The van der Waals surface area contributed by atoms with Gasteiger partial charge in [-0.3, -0.25) is 9.59 Å². The largest absolute Gasteiger partial charge is 0.492 e. The molecule has 0 aliphatic carbocycles. The first-order chi connectivity index (χ1) is 13.0. The highest BCUT2D eigenvalue weighted by Gasteiger charge is 2.12. The van der Waals surface area contributed by atoms with Crippen LogP contribution in [0.3, 0.4) is 0 Å². The fourth-order valence-corrected chi connectivity index (χ4v) is 2.56. The summed E-state index contributed by atoms with van der Waals surface area (Å²) < 4.78 is 11.1. The van der Waals surface area contributed by atoms with Gasteiger partial charge < -0.3 is 14.5 Å². The van der Waals surface area contributed by atoms with Gasteiger partial charge in [0.1, 0.15) is 18.1 Å². The lowest BCUT2D eigenvalue weighted by atomic mass is 10.1. The first kappa shape index (κ1) is 18.7. The maximum absolute atomic E-state index is 12.2. The molecule has 0 aliphatic heterocycles. The monoisotopic (exact) mass is 383 g/mol. The molecule has 0 atom stereocenters. The van der Waals surface area contributed by atoms with Crippen molar-refractivity contribution in [1.29, 1.82) is 0 Å². The van der Waals surface area contributed by atoms with Crippen LogP contribution in [0.25, 0.3) is 11.3 Å². The van der Waals surface area contributed by atoms with Gasteiger partial charge in [0.25, 0.3) is 5.91 Å². The van der Waals surface area contributed by atoms with E-state index in [-0.39, 0.29) is 17.5 Å². The third-order valence-electron chi connectivity index (χ3n) is 3.88. The minimum atomic E-state index is -0.318. The number of furan rings is 1. The molecule has 138 valence electrons. The van der Waals surface area contributed by atoms with E-state index < -0.39 is 0 Å². The molecule has 6 heteroatoms. The van der Waals surface area contributed by atoms with Gasteiger partial charge in [0.05, 0.1) is 6.54 Å². The summed E-state index contributed by atoms with van der Waals surface area (Å²) in [6.07, 6.45) is 0. The number of carbonyl (C=O) groups is 2. The number of benzene rings is 2. The summed E-state index contributed by atoms with van der Waals surface area (Å²) in [5.41, 5.74) is 1.43. The molecule has 1 amide bonds. The van der Waals surface area contributed by atoms with Crippen LogP contribution in [0.1, 0.15) is 27.8 Å². The zero-order valence-electron chi connectivity index (χ0n) is 14.7. The molecule has 0 bridgehead atoms. The Morgan fingerprint density at radius 2 is 1.70 bits per heavy atom. The molecule has 0 unspecified atom stereocenters. The molecule has 3 rings (SSSR count). The highest BCUT2D eigenvalue weighted by atomic mass is 35.5. The summed E-state index contributed by atoms with van der Waals surface area (Å²) in [5.74, 6) is 1.14. The molecule has 3 aromatic rings. The Morgan fingerprint density at radius 1 is 1.00 bits per heavy atom. The van der Waals surface area contributed by atoms with Crippen molar-refractivity contribution in [2.24, 2.45) is 0 Å². The van der Waals surface area contributed by atoms with Gasteiger partial charge in [-0.05, 0) is 43.3 Å². The van der Waals surface area contributed by atoms with Crippen molar-refractivity contribution in [3.05, 3.63) is 77.0 Å². The summed E-state index contributed by atoms with van der Waals surface area (Å²) in [4.78, 5) is 23.5. The van der Waals surface area contributed by atoms with E-state index in [1.54, 1.807) is 60.7 Å². The van der Waals surface area contributed by atoms with E-state index in [9.17, 15) is 9.59 Å². The fourth-order valence-electron chi connectivity index (χ4n) is 2.44. The second-order valence-electron chi connectivity index (χ2n) is 5.86. The van der Waals surface area contributed by atoms with Crippen molar-refractivity contribution in [2.75, 3.05) is 13.2 Å². The third kappa shape index (κ3) is 4.99. The molecule has 5 nitrogen and oxygen atoms in total. The van der Waals surface area contributed by atoms with Crippen LogP contribution in [0, 0.1) is 0 Å². The van der Waals surface area contributed by atoms with Gasteiger partial charge in [0.15, 0.2) is 11.5 Å². The van der Waals surface area contributed by atoms with Gasteiger partial charge >= 0.3 is 0 Å². The van der Waals surface area contributed by atoms with Crippen molar-refractivity contribution >= 4 is 23.3 Å². The summed E-state index contributed by atoms with van der Waals surface area (Å²) in [5, 5.41) is 3.38. The summed E-state index contributed by atoms with van der Waals surface area (Å²) in [7, 11) is 0. The lowest BCUT2D eigenvalue weighted by Crippen LogP contribution is -2.27. The van der Waals surface area contributed by atoms with Crippen molar-refractivity contribution in [1.82, 2.24) is 5.32 Å². The Bertz CT molecular complexity index is 930. The van der Waals surface area contributed by atoms with Crippen molar-refractivity contribution in [3.8, 4) is 17.1 Å². The predicted molar refractivity (Wildman–Crippen MR) is 103 cm³/mol. The average Bonchev–Trinajstić information content (AvgIpc) is 3.17. The van der Waals surface area contributed by atoms with Crippen molar-refractivity contribution in [3.63, 3.8) is 0 Å². The van der Waals surface area contributed by atoms with Gasteiger partial charge in [0, 0.05) is 16.1 Å². The van der Waals surface area contributed by atoms with E-state index in [0.29, 0.717) is 35.2 Å². The molecule has 1 heterocycles. The number of amides is 1. The molecule has 1 aromatic heterocycles. The number of rotatable bonds is 7. The molecule has 0 saturated heterocycles. The van der Waals surface area contributed by atoms with E-state index in [1.807, 2.05) is 0 Å². The first-order valence-electron chi connectivity index (χ1n) is 8.41. The van der Waals surface area contributed by atoms with E-state index in [1.165, 1.54) is 6.92 Å². The highest BCUT2D eigenvalue weighted by Crippen LogP contribution is 2.22. The molecule has 1 N–H and O–H groups in total. The van der Waals surface area contributed by atoms with E-state index >= 15 is 0 Å². The average molecular weight is 384 g/mol. The molecule has 0 radical (unpaired) electrons. The molecule has 0 aliphatic rings. The van der Waals surface area contributed by atoms with Crippen molar-refractivity contribution < 1.29 is 18.7 Å². The van der Waals surface area contributed by atoms with E-state index in [0.717, 1.165) is 5.56 Å². The number of ketones is 1. The number of ether oxygens (including phenoxy) is 1. The van der Waals surface area contributed by atoms with Crippen LogP contribution in [-0.2, 0) is 0 Å². The second-order valence-corrected chi connectivity index (χ2v) is 6.29. The standard InChI is InChI=1S/C21H18ClNO4/c1-14(24)15-2-4-16(5-3-15)19-10-11-20(27-19)21(25)23-12-13-26-18-8-6-17(22)7-9-18/h2-11H,12-13H2,1H3,(H,23,25). The van der Waals surface area contributed by atoms with Crippen LogP contribution < -0.4 is 10.1 Å². The van der Waals surface area contributed by atoms with Gasteiger partial charge in [0.2, 0.25) is 0 Å². The third-order valence-corrected chi connectivity index (χ3v) is 4.13. The minimum Gasteiger partial charge on any atom is -0.492 e. The molecular weight excluding hydrogens is 366 g/mol. The molecular formula is C21H18ClNO4. The zero-order valence-corrected chi connectivity index (χ0v) is 15.5. The van der Waals surface area contributed by atoms with Crippen molar-refractivity contribution in [2.45, 2.75) is 6.92 Å². The van der Waals surface area contributed by atoms with Gasteiger partial charge in [-0.25, -0.2) is 0 Å². The normalized spacial score (nSPS) is 10.4. The lowest BCUT2D eigenvalue weighted by molar-refractivity contribution is 0.0919. The van der Waals surface area contributed by atoms with Gasteiger partial charge in [-0.15, -0.1) is 0 Å². The minimum absolute atomic E-state index is 0.00174. The topological polar surface area (TPSA) is 68.5 Å². The Morgan fingerprint density at radius 3 is 2.37 bits per heavy atom. The number of halogens is 1. The summed E-state index contributed by atoms with van der Waals surface area (Å²) in [6.45, 7) is 2.18. The lowest BCUT2D eigenvalue weighted by Gasteiger charge is -2.07. The van der Waals surface area contributed by atoms with Gasteiger partial charge in [-0.1, -0.05) is 35.9 Å². The van der Waals surface area contributed by atoms with Crippen LogP contribution in [0.15, 0.2) is 65.1 Å². The molecule has 0 fully saturated rings. The maximum Gasteiger partial charge on any atom is 0.287 e. The number of hydrogen-bond donors (Lipinski definition) is 1. The first-order valence-corrected chi connectivity index (χ1v) is 8.78. The van der Waals surface area contributed by atoms with Crippen LogP contribution in [0.4, 0.5) is 0 Å². The number of Topliss-reactive ketones (excluding diaryl/α,β-unsaturated/α-hetero) is 1. The number of hydrogen-bond acceptors (Lipinski definition) is 4. The molecule has 27 heavy (non-hydrogen) atoms. The van der Waals surface area contributed by atoms with Crippen LogP contribution in [-0.4, -0.2) is 24.8 Å². The Labute approximate surface area is 161 Å². The van der Waals surface area contributed by atoms with Crippen LogP contribution in [0.5, 0.6) is 5.75 Å². The molecule has 0 saturated carbocycles. The number of nitrogens with one attached hydrogen (secondary N) is 1. The molecule has 0 spiro atoms. The Balaban J connectivity index is 1.52. The maximum atomic E-state index is 12.2. The molecule has 2 aromatic carbocycles. The Kier molecular flexibility index (Phi) is 5.94. The van der Waals surface area contributed by atoms with Gasteiger partial charge in [-0.2, -0.15) is 0 Å². The fraction of sp³-hybridized carbons (Fsp3) is 0.143. The number of carbonyl (C=O) groups excluding carboxylic acids is 2. The summed E-state index contributed by atoms with van der Waals surface area (Å²) in [6, 6.07) is 17.4. The second kappa shape index (κ2) is 8.56. The van der Waals surface area contributed by atoms with Crippen LogP contribution >= 0.6 is 11.6 Å². The zero-order chi connectivity index (χ0) is 19.2. The van der Waals surface area contributed by atoms with E-state index in [4.69, 9.17) is 20.8 Å². The summed E-state index contributed by atoms with van der Waals surface area (Å²) >= 11 is 5.81.